The second kappa shape index (κ2) is 6.61. The highest BCUT2D eigenvalue weighted by atomic mass is 16.6. The van der Waals surface area contributed by atoms with Crippen molar-refractivity contribution < 1.29 is 19.1 Å². The largest absolute Gasteiger partial charge is 0.486 e. The Morgan fingerprint density at radius 1 is 0.889 bits per heavy atom. The lowest BCUT2D eigenvalue weighted by molar-refractivity contribution is -0.131. The smallest absolute Gasteiger partial charge is 0.240 e. The van der Waals surface area contributed by atoms with Crippen LogP contribution in [0.1, 0.15) is 24.0 Å². The van der Waals surface area contributed by atoms with Crippen LogP contribution in [0.25, 0.3) is 0 Å². The Labute approximate surface area is 157 Å². The van der Waals surface area contributed by atoms with Crippen molar-refractivity contribution in [2.75, 3.05) is 23.8 Å². The number of rotatable bonds is 4. The van der Waals surface area contributed by atoms with Crippen LogP contribution in [0.2, 0.25) is 0 Å². The van der Waals surface area contributed by atoms with Crippen molar-refractivity contribution in [3.63, 3.8) is 0 Å². The predicted molar refractivity (Wildman–Crippen MR) is 102 cm³/mol. The summed E-state index contributed by atoms with van der Waals surface area (Å²) in [6, 6.07) is 11.1. The number of carbonyl (C=O) groups is 2. The molecular formula is C21H22N2O4. The zero-order valence-corrected chi connectivity index (χ0v) is 15.4. The van der Waals surface area contributed by atoms with Gasteiger partial charge in [-0.25, -0.2) is 0 Å². The van der Waals surface area contributed by atoms with E-state index in [1.54, 1.807) is 18.2 Å². The van der Waals surface area contributed by atoms with Crippen LogP contribution in [-0.2, 0) is 9.59 Å². The number of fused-ring (bicyclic) bond motifs is 1. The van der Waals surface area contributed by atoms with Gasteiger partial charge in [-0.15, -0.1) is 0 Å². The molecule has 6 heteroatoms. The second-order valence-electron chi connectivity index (χ2n) is 7.12. The summed E-state index contributed by atoms with van der Waals surface area (Å²) in [4.78, 5) is 25.7. The molecule has 0 unspecified atom stereocenters. The molecule has 1 aliphatic heterocycles. The average molecular weight is 366 g/mol. The van der Waals surface area contributed by atoms with E-state index in [2.05, 4.69) is 10.6 Å². The molecule has 1 heterocycles. The highest BCUT2D eigenvalue weighted by Crippen LogP contribution is 2.48. The summed E-state index contributed by atoms with van der Waals surface area (Å²) >= 11 is 0. The molecule has 6 nitrogen and oxygen atoms in total. The summed E-state index contributed by atoms with van der Waals surface area (Å²) in [5.74, 6) is 0.717. The van der Waals surface area contributed by atoms with Crippen molar-refractivity contribution >= 4 is 23.2 Å². The first kappa shape index (κ1) is 17.4. The number of anilines is 2. The monoisotopic (exact) mass is 366 g/mol. The van der Waals surface area contributed by atoms with Gasteiger partial charge in [0.25, 0.3) is 0 Å². The van der Waals surface area contributed by atoms with E-state index >= 15 is 0 Å². The lowest BCUT2D eigenvalue weighted by atomic mass is 10.0. The number of para-hydroxylation sites is 1. The minimum atomic E-state index is -1.01. The Kier molecular flexibility index (Phi) is 4.26. The van der Waals surface area contributed by atoms with Crippen LogP contribution in [0.15, 0.2) is 36.4 Å². The summed E-state index contributed by atoms with van der Waals surface area (Å²) in [5, 5.41) is 5.81. The van der Waals surface area contributed by atoms with Crippen molar-refractivity contribution in [1.29, 1.82) is 0 Å². The van der Waals surface area contributed by atoms with Crippen molar-refractivity contribution in [3.05, 3.63) is 47.5 Å². The van der Waals surface area contributed by atoms with Crippen LogP contribution >= 0.6 is 0 Å². The van der Waals surface area contributed by atoms with E-state index in [4.69, 9.17) is 9.47 Å². The van der Waals surface area contributed by atoms with Crippen LogP contribution in [0.5, 0.6) is 11.5 Å². The zero-order valence-electron chi connectivity index (χ0n) is 15.4. The fourth-order valence-corrected chi connectivity index (χ4v) is 3.30. The van der Waals surface area contributed by atoms with E-state index in [1.807, 2.05) is 32.0 Å². The topological polar surface area (TPSA) is 76.7 Å². The van der Waals surface area contributed by atoms with Crippen LogP contribution in [0, 0.1) is 19.3 Å². The van der Waals surface area contributed by atoms with Crippen LogP contribution < -0.4 is 20.1 Å². The number of aryl methyl sites for hydroxylation is 2. The van der Waals surface area contributed by atoms with Crippen molar-refractivity contribution in [2.24, 2.45) is 5.41 Å². The lowest BCUT2D eigenvalue weighted by Crippen LogP contribution is -2.36. The maximum atomic E-state index is 12.8. The molecule has 2 aromatic rings. The van der Waals surface area contributed by atoms with Crippen LogP contribution in [0.4, 0.5) is 11.4 Å². The van der Waals surface area contributed by atoms with E-state index in [1.165, 1.54) is 0 Å². The molecule has 4 rings (SSSR count). The molecule has 27 heavy (non-hydrogen) atoms. The first-order valence-corrected chi connectivity index (χ1v) is 9.08. The summed E-state index contributed by atoms with van der Waals surface area (Å²) in [7, 11) is 0. The van der Waals surface area contributed by atoms with Crippen molar-refractivity contribution in [3.8, 4) is 11.5 Å². The van der Waals surface area contributed by atoms with Gasteiger partial charge in [0.05, 0.1) is 0 Å². The minimum absolute atomic E-state index is 0.255. The van der Waals surface area contributed by atoms with Gasteiger partial charge in [-0.3, -0.25) is 9.59 Å². The molecule has 1 aliphatic carbocycles. The number of benzene rings is 2. The highest BCUT2D eigenvalue weighted by Gasteiger charge is 2.56. The summed E-state index contributed by atoms with van der Waals surface area (Å²) in [6.07, 6.45) is 1.08. The Morgan fingerprint density at radius 3 is 2.19 bits per heavy atom. The van der Waals surface area contributed by atoms with E-state index in [0.29, 0.717) is 43.2 Å². The standard InChI is InChI=1S/C21H22N2O4/c1-13-4-3-5-14(2)18(13)23-20(25)21(8-9-21)19(24)22-15-6-7-16-17(12-15)27-11-10-26-16/h3-7,12H,8-11H2,1-2H3,(H,22,24)(H,23,25). The summed E-state index contributed by atoms with van der Waals surface area (Å²) in [6.45, 7) is 4.88. The van der Waals surface area contributed by atoms with Gasteiger partial charge in [-0.05, 0) is 49.9 Å². The maximum Gasteiger partial charge on any atom is 0.240 e. The van der Waals surface area contributed by atoms with E-state index in [9.17, 15) is 9.59 Å². The molecule has 2 amide bonds. The summed E-state index contributed by atoms with van der Waals surface area (Å²) in [5.41, 5.74) is 2.32. The van der Waals surface area contributed by atoms with Crippen molar-refractivity contribution in [1.82, 2.24) is 0 Å². The molecule has 1 fully saturated rings. The Bertz CT molecular complexity index is 898. The molecule has 0 radical (unpaired) electrons. The first-order valence-electron chi connectivity index (χ1n) is 9.08. The fraction of sp³-hybridized carbons (Fsp3) is 0.333. The number of hydrogen-bond donors (Lipinski definition) is 2. The molecular weight excluding hydrogens is 344 g/mol. The van der Waals surface area contributed by atoms with Gasteiger partial charge in [0.2, 0.25) is 11.8 Å². The van der Waals surface area contributed by atoms with Gasteiger partial charge in [0.1, 0.15) is 18.6 Å². The average Bonchev–Trinajstić information content (AvgIpc) is 3.47. The fourth-order valence-electron chi connectivity index (χ4n) is 3.30. The number of nitrogens with one attached hydrogen (secondary N) is 2. The minimum Gasteiger partial charge on any atom is -0.486 e. The molecule has 2 N–H and O–H groups in total. The van der Waals surface area contributed by atoms with Gasteiger partial charge in [0, 0.05) is 17.4 Å². The molecule has 2 aliphatic rings. The Balaban J connectivity index is 1.49. The second-order valence-corrected chi connectivity index (χ2v) is 7.12. The summed E-state index contributed by atoms with van der Waals surface area (Å²) < 4.78 is 11.0. The predicted octanol–water partition coefficient (Wildman–Crippen LogP) is 3.43. The Morgan fingerprint density at radius 2 is 1.52 bits per heavy atom. The quantitative estimate of drug-likeness (QED) is 0.813. The van der Waals surface area contributed by atoms with Gasteiger partial charge in [-0.2, -0.15) is 0 Å². The van der Waals surface area contributed by atoms with Gasteiger partial charge in [0.15, 0.2) is 11.5 Å². The molecule has 0 bridgehead atoms. The molecule has 0 atom stereocenters. The van der Waals surface area contributed by atoms with Crippen LogP contribution in [-0.4, -0.2) is 25.0 Å². The number of carbonyl (C=O) groups excluding carboxylic acids is 2. The van der Waals surface area contributed by atoms with E-state index < -0.39 is 5.41 Å². The van der Waals surface area contributed by atoms with Gasteiger partial charge >= 0.3 is 0 Å². The van der Waals surface area contributed by atoms with Gasteiger partial charge in [-0.1, -0.05) is 18.2 Å². The molecule has 2 aromatic carbocycles. The van der Waals surface area contributed by atoms with Gasteiger partial charge < -0.3 is 20.1 Å². The third-order valence-corrected chi connectivity index (χ3v) is 5.14. The third kappa shape index (κ3) is 3.23. The SMILES string of the molecule is Cc1cccc(C)c1NC(=O)C1(C(=O)Nc2ccc3c(c2)OCCO3)CC1. The molecule has 140 valence electrons. The number of hydrogen-bond acceptors (Lipinski definition) is 4. The number of amides is 2. The third-order valence-electron chi connectivity index (χ3n) is 5.14. The normalized spacial score (nSPS) is 16.4. The highest BCUT2D eigenvalue weighted by molar-refractivity contribution is 6.17. The molecule has 0 saturated heterocycles. The van der Waals surface area contributed by atoms with Crippen molar-refractivity contribution in [2.45, 2.75) is 26.7 Å². The van der Waals surface area contributed by atoms with E-state index in [0.717, 1.165) is 16.8 Å². The lowest BCUT2D eigenvalue weighted by Gasteiger charge is -2.20. The maximum absolute atomic E-state index is 12.8. The molecule has 0 spiro atoms. The Hall–Kier alpha value is -3.02. The first-order chi connectivity index (χ1) is 13.0. The molecule has 0 aromatic heterocycles. The van der Waals surface area contributed by atoms with Crippen LogP contribution in [0.3, 0.4) is 0 Å². The zero-order chi connectivity index (χ0) is 19.0. The van der Waals surface area contributed by atoms with E-state index in [-0.39, 0.29) is 11.8 Å². The molecule has 1 saturated carbocycles. The number of ether oxygens (including phenoxy) is 2.